The quantitative estimate of drug-likeness (QED) is 0.788. The summed E-state index contributed by atoms with van der Waals surface area (Å²) in [7, 11) is 0.575. The average molecular weight is 363 g/mol. The zero-order chi connectivity index (χ0) is 17.9. The van der Waals surface area contributed by atoms with Crippen LogP contribution < -0.4 is 19.1 Å². The van der Waals surface area contributed by atoms with E-state index in [1.165, 1.54) is 22.6 Å². The van der Waals surface area contributed by atoms with Crippen LogP contribution in [0.25, 0.3) is 0 Å². The number of nitrogens with one attached hydrogen (secondary N) is 2. The number of hydrogen-bond donors (Lipinski definition) is 2. The second-order valence-corrected chi connectivity index (χ2v) is 8.10. The van der Waals surface area contributed by atoms with E-state index in [9.17, 15) is 8.42 Å². The van der Waals surface area contributed by atoms with Crippen molar-refractivity contribution in [3.8, 4) is 11.5 Å². The van der Waals surface area contributed by atoms with Crippen molar-refractivity contribution in [2.75, 3.05) is 27.3 Å². The van der Waals surface area contributed by atoms with Crippen molar-refractivity contribution in [2.24, 2.45) is 0 Å². The van der Waals surface area contributed by atoms with Crippen molar-refractivity contribution < 1.29 is 22.8 Å². The minimum Gasteiger partial charge on any atom is -0.486 e. The fraction of sp³-hybridized carbons (Fsp3) is 0.333. The van der Waals surface area contributed by atoms with E-state index in [4.69, 9.17) is 9.47 Å². The van der Waals surface area contributed by atoms with E-state index in [-0.39, 0.29) is 11.4 Å². The predicted molar refractivity (Wildman–Crippen MR) is 94.4 cm³/mol. The zero-order valence-electron chi connectivity index (χ0n) is 14.4. The van der Waals surface area contributed by atoms with Crippen molar-refractivity contribution in [3.63, 3.8) is 0 Å². The van der Waals surface area contributed by atoms with Gasteiger partial charge in [0.05, 0.1) is 19.0 Å². The van der Waals surface area contributed by atoms with Crippen LogP contribution in [-0.4, -0.2) is 35.7 Å². The Kier molecular flexibility index (Phi) is 5.27. The smallest absolute Gasteiger partial charge is 0.241 e. The van der Waals surface area contributed by atoms with Gasteiger partial charge in [-0.05, 0) is 17.7 Å². The maximum absolute atomic E-state index is 12.5. The van der Waals surface area contributed by atoms with Gasteiger partial charge in [-0.25, -0.2) is 13.1 Å². The molecule has 0 aromatic heterocycles. The van der Waals surface area contributed by atoms with Gasteiger partial charge in [0.1, 0.15) is 19.8 Å². The second-order valence-electron chi connectivity index (χ2n) is 6.33. The van der Waals surface area contributed by atoms with Gasteiger partial charge in [0.2, 0.25) is 10.0 Å². The van der Waals surface area contributed by atoms with Crippen LogP contribution in [0.5, 0.6) is 11.5 Å². The Morgan fingerprint density at radius 3 is 2.28 bits per heavy atom. The zero-order valence-corrected chi connectivity index (χ0v) is 15.2. The highest BCUT2D eigenvalue weighted by atomic mass is 32.2. The molecule has 6 nitrogen and oxygen atoms in total. The second kappa shape index (κ2) is 7.43. The van der Waals surface area contributed by atoms with E-state index in [0.29, 0.717) is 24.7 Å². The molecule has 3 rings (SSSR count). The van der Waals surface area contributed by atoms with E-state index in [1.54, 1.807) is 6.07 Å². The molecule has 1 aliphatic heterocycles. The minimum atomic E-state index is -3.61. The lowest BCUT2D eigenvalue weighted by atomic mass is 10.1. The molecule has 2 aromatic carbocycles. The van der Waals surface area contributed by atoms with E-state index in [0.717, 1.165) is 12.1 Å². The van der Waals surface area contributed by atoms with Gasteiger partial charge in [0, 0.05) is 18.2 Å². The van der Waals surface area contributed by atoms with E-state index >= 15 is 0 Å². The molecule has 0 radical (unpaired) electrons. The van der Waals surface area contributed by atoms with Crippen molar-refractivity contribution in [1.29, 1.82) is 0 Å². The molecule has 0 aliphatic carbocycles. The van der Waals surface area contributed by atoms with Gasteiger partial charge < -0.3 is 14.4 Å². The average Bonchev–Trinajstić information content (AvgIpc) is 2.60. The maximum Gasteiger partial charge on any atom is 0.241 e. The lowest BCUT2D eigenvalue weighted by molar-refractivity contribution is -0.872. The summed E-state index contributed by atoms with van der Waals surface area (Å²) in [6.07, 6.45) is 0. The maximum atomic E-state index is 12.5. The summed E-state index contributed by atoms with van der Waals surface area (Å²) >= 11 is 0. The first-order chi connectivity index (χ1) is 11.9. The lowest BCUT2D eigenvalue weighted by Gasteiger charge is -2.19. The molecule has 2 aromatic rings. The summed E-state index contributed by atoms with van der Waals surface area (Å²) in [5, 5.41) is 0. The molecule has 0 saturated carbocycles. The fourth-order valence-corrected chi connectivity index (χ4v) is 3.67. The Morgan fingerprint density at radius 2 is 1.60 bits per heavy atom. The normalized spacial score (nSPS) is 13.9. The van der Waals surface area contributed by atoms with Crippen LogP contribution in [0.2, 0.25) is 0 Å². The molecule has 0 bridgehead atoms. The Morgan fingerprint density at radius 1 is 0.960 bits per heavy atom. The molecule has 0 saturated heterocycles. The summed E-state index contributed by atoms with van der Waals surface area (Å²) in [6.45, 7) is 2.07. The number of quaternary nitrogens is 1. The number of ether oxygens (including phenoxy) is 2. The van der Waals surface area contributed by atoms with Crippen molar-refractivity contribution in [3.05, 3.63) is 53.6 Å². The summed E-state index contributed by atoms with van der Waals surface area (Å²) in [6, 6.07) is 12.6. The largest absolute Gasteiger partial charge is 0.486 e. The van der Waals surface area contributed by atoms with Gasteiger partial charge in [0.15, 0.2) is 11.5 Å². The Labute approximate surface area is 148 Å². The number of benzene rings is 2. The van der Waals surface area contributed by atoms with Crippen molar-refractivity contribution in [1.82, 2.24) is 4.72 Å². The van der Waals surface area contributed by atoms with E-state index < -0.39 is 10.0 Å². The van der Waals surface area contributed by atoms with Crippen molar-refractivity contribution in [2.45, 2.75) is 18.0 Å². The first kappa shape index (κ1) is 17.7. The Hall–Kier alpha value is -2.09. The summed E-state index contributed by atoms with van der Waals surface area (Å²) in [5.41, 5.74) is 2.14. The van der Waals surface area contributed by atoms with Gasteiger partial charge in [-0.15, -0.1) is 0 Å². The Bertz CT molecular complexity index is 833. The third-order valence-electron chi connectivity index (χ3n) is 3.87. The topological polar surface area (TPSA) is 69.1 Å². The van der Waals surface area contributed by atoms with Gasteiger partial charge in [-0.2, -0.15) is 0 Å². The molecule has 25 heavy (non-hydrogen) atoms. The van der Waals surface area contributed by atoms with Crippen LogP contribution in [0, 0.1) is 0 Å². The molecule has 0 atom stereocenters. The van der Waals surface area contributed by atoms with Crippen LogP contribution in [0.1, 0.15) is 11.1 Å². The molecule has 0 unspecified atom stereocenters. The van der Waals surface area contributed by atoms with Crippen molar-refractivity contribution >= 4 is 10.0 Å². The summed E-state index contributed by atoms with van der Waals surface area (Å²) in [5.74, 6) is 1.04. The fourth-order valence-electron chi connectivity index (χ4n) is 2.64. The third kappa shape index (κ3) is 4.50. The third-order valence-corrected chi connectivity index (χ3v) is 5.27. The first-order valence-electron chi connectivity index (χ1n) is 8.20. The molecule has 0 spiro atoms. The summed E-state index contributed by atoms with van der Waals surface area (Å²) in [4.78, 5) is 1.51. The minimum absolute atomic E-state index is 0.171. The van der Waals surface area contributed by atoms with Crippen LogP contribution in [0.3, 0.4) is 0 Å². The number of sulfonamides is 1. The summed E-state index contributed by atoms with van der Waals surface area (Å²) < 4.78 is 38.5. The molecule has 134 valence electrons. The van der Waals surface area contributed by atoms with Crippen LogP contribution in [-0.2, 0) is 23.1 Å². The molecule has 2 N–H and O–H groups in total. The number of hydrogen-bond acceptors (Lipinski definition) is 4. The number of fused-ring (bicyclic) bond motifs is 1. The molecule has 1 aliphatic rings. The first-order valence-corrected chi connectivity index (χ1v) is 9.68. The van der Waals surface area contributed by atoms with Gasteiger partial charge in [-0.1, -0.05) is 24.3 Å². The monoisotopic (exact) mass is 363 g/mol. The van der Waals surface area contributed by atoms with E-state index in [2.05, 4.69) is 18.8 Å². The van der Waals surface area contributed by atoms with Crippen LogP contribution >= 0.6 is 0 Å². The van der Waals surface area contributed by atoms with E-state index in [1.807, 2.05) is 24.3 Å². The Balaban J connectivity index is 1.67. The van der Waals surface area contributed by atoms with Gasteiger partial charge in [-0.3, -0.25) is 0 Å². The number of rotatable bonds is 6. The molecule has 0 fully saturated rings. The van der Waals surface area contributed by atoms with Gasteiger partial charge >= 0.3 is 0 Å². The van der Waals surface area contributed by atoms with Crippen LogP contribution in [0.4, 0.5) is 0 Å². The molecule has 7 heteroatoms. The molecule has 0 amide bonds. The highest BCUT2D eigenvalue weighted by Gasteiger charge is 2.19. The van der Waals surface area contributed by atoms with Crippen LogP contribution in [0.15, 0.2) is 47.4 Å². The van der Waals surface area contributed by atoms with Gasteiger partial charge in [0.25, 0.3) is 0 Å². The lowest BCUT2D eigenvalue weighted by Crippen LogP contribution is -3.04. The predicted octanol–water partition coefficient (Wildman–Crippen LogP) is 0.581. The standard InChI is InChI=1S/C18H22N2O4S/c1-20(2)13-15-5-3-14(4-6-15)12-19-25(21,22)16-7-8-17-18(11-16)24-10-9-23-17/h3-8,11,19H,9-10,12-13H2,1-2H3/p+1. The molecular weight excluding hydrogens is 340 g/mol. The highest BCUT2D eigenvalue weighted by molar-refractivity contribution is 7.89. The molecule has 1 heterocycles. The SMILES string of the molecule is C[NH+](C)Cc1ccc(CNS(=O)(=O)c2ccc3c(c2)OCCO3)cc1. The highest BCUT2D eigenvalue weighted by Crippen LogP contribution is 2.32. The molecular formula is C18H23N2O4S+.